The third kappa shape index (κ3) is 4.07. The number of anilines is 1. The SMILES string of the molecule is CCOc1cccc2sc(-n3nc(C)cc3NC(=O)Cc3cc(C)ccc3C)nc12. The molecule has 2 heterocycles. The van der Waals surface area contributed by atoms with Gasteiger partial charge in [-0.05, 0) is 51.0 Å². The van der Waals surface area contributed by atoms with Crippen LogP contribution < -0.4 is 10.1 Å². The molecule has 1 amide bonds. The molecule has 0 radical (unpaired) electrons. The molecule has 6 nitrogen and oxygen atoms in total. The highest BCUT2D eigenvalue weighted by Gasteiger charge is 2.17. The smallest absolute Gasteiger partial charge is 0.229 e. The quantitative estimate of drug-likeness (QED) is 0.477. The van der Waals surface area contributed by atoms with Gasteiger partial charge in [0.2, 0.25) is 11.0 Å². The highest BCUT2D eigenvalue weighted by atomic mass is 32.1. The fourth-order valence-corrected chi connectivity index (χ4v) is 4.31. The summed E-state index contributed by atoms with van der Waals surface area (Å²) in [5.74, 6) is 1.28. The molecule has 0 aliphatic carbocycles. The molecular weight excluding hydrogens is 396 g/mol. The van der Waals surface area contributed by atoms with Crippen LogP contribution in [0, 0.1) is 20.8 Å². The number of carbonyl (C=O) groups is 1. The van der Waals surface area contributed by atoms with E-state index in [1.807, 2.05) is 58.0 Å². The number of hydrogen-bond donors (Lipinski definition) is 1. The molecular formula is C23H24N4O2S. The van der Waals surface area contributed by atoms with Crippen LogP contribution in [0.1, 0.15) is 29.3 Å². The van der Waals surface area contributed by atoms with E-state index in [9.17, 15) is 4.79 Å². The number of benzene rings is 2. The summed E-state index contributed by atoms with van der Waals surface area (Å²) in [6.45, 7) is 8.48. The van der Waals surface area contributed by atoms with E-state index in [1.54, 1.807) is 4.68 Å². The summed E-state index contributed by atoms with van der Waals surface area (Å²) in [6.07, 6.45) is 0.312. The Morgan fingerprint density at radius 3 is 2.80 bits per heavy atom. The van der Waals surface area contributed by atoms with Crippen molar-refractivity contribution < 1.29 is 9.53 Å². The first-order chi connectivity index (χ1) is 14.4. The van der Waals surface area contributed by atoms with Gasteiger partial charge in [-0.25, -0.2) is 4.98 Å². The monoisotopic (exact) mass is 420 g/mol. The van der Waals surface area contributed by atoms with Gasteiger partial charge in [-0.15, -0.1) is 0 Å². The van der Waals surface area contributed by atoms with Gasteiger partial charge in [-0.3, -0.25) is 4.79 Å². The van der Waals surface area contributed by atoms with Gasteiger partial charge in [0.05, 0.1) is 23.4 Å². The van der Waals surface area contributed by atoms with Crippen molar-refractivity contribution in [2.75, 3.05) is 11.9 Å². The van der Waals surface area contributed by atoms with Crippen LogP contribution in [0.2, 0.25) is 0 Å². The second kappa shape index (κ2) is 8.28. The first kappa shape index (κ1) is 20.1. The lowest BCUT2D eigenvalue weighted by atomic mass is 10.0. The largest absolute Gasteiger partial charge is 0.492 e. The van der Waals surface area contributed by atoms with Crippen molar-refractivity contribution in [1.29, 1.82) is 0 Å². The predicted molar refractivity (Wildman–Crippen MR) is 121 cm³/mol. The molecule has 2 aromatic heterocycles. The fourth-order valence-electron chi connectivity index (χ4n) is 3.36. The molecule has 0 spiro atoms. The van der Waals surface area contributed by atoms with E-state index in [-0.39, 0.29) is 5.91 Å². The van der Waals surface area contributed by atoms with Crippen molar-refractivity contribution in [1.82, 2.24) is 14.8 Å². The van der Waals surface area contributed by atoms with Crippen molar-refractivity contribution in [2.45, 2.75) is 34.1 Å². The Morgan fingerprint density at radius 2 is 2.00 bits per heavy atom. The van der Waals surface area contributed by atoms with E-state index in [2.05, 4.69) is 22.5 Å². The summed E-state index contributed by atoms with van der Waals surface area (Å²) in [6, 6.07) is 13.9. The maximum atomic E-state index is 12.8. The van der Waals surface area contributed by atoms with Crippen molar-refractivity contribution in [3.05, 3.63) is 64.8 Å². The van der Waals surface area contributed by atoms with Crippen LogP contribution in [0.4, 0.5) is 5.82 Å². The second-order valence-electron chi connectivity index (χ2n) is 7.27. The molecule has 4 aromatic rings. The van der Waals surface area contributed by atoms with Crippen LogP contribution in [0.25, 0.3) is 15.3 Å². The number of hydrogen-bond acceptors (Lipinski definition) is 5. The minimum atomic E-state index is -0.0824. The van der Waals surface area contributed by atoms with Gasteiger partial charge >= 0.3 is 0 Å². The van der Waals surface area contributed by atoms with Crippen LogP contribution in [0.3, 0.4) is 0 Å². The normalized spacial score (nSPS) is 11.1. The number of rotatable bonds is 6. The number of amides is 1. The number of fused-ring (bicyclic) bond motifs is 1. The average Bonchev–Trinajstić information content (AvgIpc) is 3.28. The number of nitrogens with zero attached hydrogens (tertiary/aromatic N) is 3. The number of carbonyl (C=O) groups excluding carboxylic acids is 1. The number of nitrogens with one attached hydrogen (secondary N) is 1. The van der Waals surface area contributed by atoms with Gasteiger partial charge in [0.25, 0.3) is 0 Å². The van der Waals surface area contributed by atoms with E-state index >= 15 is 0 Å². The van der Waals surface area contributed by atoms with E-state index in [0.29, 0.717) is 24.0 Å². The van der Waals surface area contributed by atoms with E-state index < -0.39 is 0 Å². The maximum Gasteiger partial charge on any atom is 0.229 e. The molecule has 0 saturated carbocycles. The second-order valence-corrected chi connectivity index (χ2v) is 8.28. The summed E-state index contributed by atoms with van der Waals surface area (Å²) in [7, 11) is 0. The zero-order chi connectivity index (χ0) is 21.3. The maximum absolute atomic E-state index is 12.8. The highest BCUT2D eigenvalue weighted by Crippen LogP contribution is 2.32. The number of aryl methyl sites for hydroxylation is 3. The van der Waals surface area contributed by atoms with Gasteiger partial charge in [0, 0.05) is 6.07 Å². The Kier molecular flexibility index (Phi) is 5.55. The van der Waals surface area contributed by atoms with Crippen LogP contribution in [-0.2, 0) is 11.2 Å². The number of ether oxygens (including phenoxy) is 1. The molecule has 30 heavy (non-hydrogen) atoms. The molecule has 7 heteroatoms. The lowest BCUT2D eigenvalue weighted by Crippen LogP contribution is -2.17. The molecule has 2 aromatic carbocycles. The van der Waals surface area contributed by atoms with Crippen LogP contribution in [0.15, 0.2) is 42.5 Å². The molecule has 0 atom stereocenters. The van der Waals surface area contributed by atoms with Gasteiger partial charge in [-0.2, -0.15) is 9.78 Å². The number of aromatic nitrogens is 3. The van der Waals surface area contributed by atoms with Gasteiger partial charge in [-0.1, -0.05) is 41.2 Å². The summed E-state index contributed by atoms with van der Waals surface area (Å²) >= 11 is 1.51. The van der Waals surface area contributed by atoms with Crippen molar-refractivity contribution in [2.24, 2.45) is 0 Å². The minimum absolute atomic E-state index is 0.0824. The zero-order valence-electron chi connectivity index (χ0n) is 17.5. The van der Waals surface area contributed by atoms with E-state index in [1.165, 1.54) is 11.3 Å². The summed E-state index contributed by atoms with van der Waals surface area (Å²) < 4.78 is 8.40. The van der Waals surface area contributed by atoms with E-state index in [4.69, 9.17) is 9.72 Å². The van der Waals surface area contributed by atoms with Gasteiger partial charge < -0.3 is 10.1 Å². The summed E-state index contributed by atoms with van der Waals surface area (Å²) in [5, 5.41) is 8.25. The third-order valence-corrected chi connectivity index (χ3v) is 5.80. The first-order valence-electron chi connectivity index (χ1n) is 9.90. The van der Waals surface area contributed by atoms with Crippen molar-refractivity contribution in [3.63, 3.8) is 0 Å². The van der Waals surface area contributed by atoms with Crippen molar-refractivity contribution in [3.8, 4) is 10.9 Å². The standard InChI is InChI=1S/C23H24N4O2S/c1-5-29-18-7-6-8-19-22(18)25-23(30-19)27-20(12-16(4)26-27)24-21(28)13-17-11-14(2)9-10-15(17)3/h6-12H,5,13H2,1-4H3,(H,24,28). The molecule has 0 fully saturated rings. The van der Waals surface area contributed by atoms with Crippen LogP contribution >= 0.6 is 11.3 Å². The zero-order valence-corrected chi connectivity index (χ0v) is 18.3. The molecule has 4 rings (SSSR count). The Labute approximate surface area is 179 Å². The molecule has 0 saturated heterocycles. The molecule has 0 aliphatic heterocycles. The van der Waals surface area contributed by atoms with Crippen LogP contribution in [0.5, 0.6) is 5.75 Å². The molecule has 0 bridgehead atoms. The van der Waals surface area contributed by atoms with Gasteiger partial charge in [0.1, 0.15) is 17.1 Å². The summed E-state index contributed by atoms with van der Waals surface area (Å²) in [4.78, 5) is 17.5. The molecule has 0 aliphatic rings. The Morgan fingerprint density at radius 1 is 1.17 bits per heavy atom. The molecule has 0 unspecified atom stereocenters. The number of thiazole rings is 1. The molecule has 154 valence electrons. The van der Waals surface area contributed by atoms with Crippen LogP contribution in [-0.4, -0.2) is 27.3 Å². The third-order valence-electron chi connectivity index (χ3n) is 4.81. The Hall–Kier alpha value is -3.19. The lowest BCUT2D eigenvalue weighted by molar-refractivity contribution is -0.115. The highest BCUT2D eigenvalue weighted by molar-refractivity contribution is 7.20. The van der Waals surface area contributed by atoms with Gasteiger partial charge in [0.15, 0.2) is 0 Å². The first-order valence-corrected chi connectivity index (χ1v) is 10.7. The molecule has 1 N–H and O–H groups in total. The van der Waals surface area contributed by atoms with E-state index in [0.717, 1.165) is 38.4 Å². The Balaban J connectivity index is 1.63. The Bertz CT molecular complexity index is 1230. The topological polar surface area (TPSA) is 69.0 Å². The minimum Gasteiger partial charge on any atom is -0.492 e. The number of para-hydroxylation sites is 1. The summed E-state index contributed by atoms with van der Waals surface area (Å²) in [5.41, 5.74) is 4.89. The fraction of sp³-hybridized carbons (Fsp3) is 0.261. The predicted octanol–water partition coefficient (Wildman–Crippen LogP) is 4.99. The lowest BCUT2D eigenvalue weighted by Gasteiger charge is -2.09. The van der Waals surface area contributed by atoms with Crippen molar-refractivity contribution >= 4 is 33.3 Å². The average molecular weight is 421 g/mol.